The van der Waals surface area contributed by atoms with E-state index in [4.69, 9.17) is 0 Å². The lowest BCUT2D eigenvalue weighted by molar-refractivity contribution is 0.116. The Labute approximate surface area is 134 Å². The fourth-order valence-electron chi connectivity index (χ4n) is 3.99. The van der Waals surface area contributed by atoms with Crippen molar-refractivity contribution in [2.45, 2.75) is 51.0 Å². The fraction of sp³-hybridized carbons (Fsp3) is 0.722. The van der Waals surface area contributed by atoms with Crippen LogP contribution in [0.3, 0.4) is 0 Å². The molecule has 2 heterocycles. The predicted molar refractivity (Wildman–Crippen MR) is 92.1 cm³/mol. The van der Waals surface area contributed by atoms with Crippen LogP contribution < -0.4 is 16.0 Å². The Morgan fingerprint density at radius 1 is 1.14 bits per heavy atom. The van der Waals surface area contributed by atoms with E-state index < -0.39 is 0 Å². The van der Waals surface area contributed by atoms with Crippen molar-refractivity contribution < 1.29 is 0 Å². The Balaban J connectivity index is 1.27. The van der Waals surface area contributed by atoms with E-state index in [9.17, 15) is 0 Å². The Morgan fingerprint density at radius 2 is 1.95 bits per heavy atom. The quantitative estimate of drug-likeness (QED) is 0.707. The molecular formula is C18H30N4. The molecule has 0 amide bonds. The van der Waals surface area contributed by atoms with Crippen molar-refractivity contribution in [2.24, 2.45) is 5.41 Å². The molecule has 1 aliphatic carbocycles. The van der Waals surface area contributed by atoms with Gasteiger partial charge in [0.2, 0.25) is 0 Å². The summed E-state index contributed by atoms with van der Waals surface area (Å²) < 4.78 is 0. The summed E-state index contributed by atoms with van der Waals surface area (Å²) in [5.74, 6) is 0. The number of rotatable bonds is 6. The van der Waals surface area contributed by atoms with Crippen LogP contribution in [0.4, 0.5) is 5.69 Å². The molecule has 4 nitrogen and oxygen atoms in total. The highest BCUT2D eigenvalue weighted by Crippen LogP contribution is 2.43. The predicted octanol–water partition coefficient (Wildman–Crippen LogP) is 2.79. The maximum Gasteiger partial charge on any atom is 0.0526 e. The molecule has 22 heavy (non-hydrogen) atoms. The Morgan fingerprint density at radius 3 is 2.68 bits per heavy atom. The van der Waals surface area contributed by atoms with Gasteiger partial charge in [-0.25, -0.2) is 0 Å². The number of hydrogen-bond acceptors (Lipinski definition) is 4. The van der Waals surface area contributed by atoms with E-state index in [1.807, 2.05) is 18.5 Å². The van der Waals surface area contributed by atoms with Gasteiger partial charge in [0.1, 0.15) is 0 Å². The van der Waals surface area contributed by atoms with Gasteiger partial charge in [-0.2, -0.15) is 0 Å². The highest BCUT2D eigenvalue weighted by atomic mass is 14.9. The molecule has 0 bridgehead atoms. The Bertz CT molecular complexity index is 418. The van der Waals surface area contributed by atoms with Gasteiger partial charge in [-0.3, -0.25) is 4.98 Å². The van der Waals surface area contributed by atoms with Crippen LogP contribution in [-0.4, -0.2) is 37.2 Å². The normalized spacial score (nSPS) is 21.8. The largest absolute Gasteiger partial charge is 0.384 e. The fourth-order valence-corrected chi connectivity index (χ4v) is 3.99. The molecule has 2 fully saturated rings. The highest BCUT2D eigenvalue weighted by molar-refractivity contribution is 5.39. The number of nitrogens with one attached hydrogen (secondary N) is 3. The van der Waals surface area contributed by atoms with E-state index >= 15 is 0 Å². The number of nitrogens with zero attached hydrogens (tertiary/aromatic N) is 1. The lowest BCUT2D eigenvalue weighted by Gasteiger charge is -2.43. The average molecular weight is 302 g/mol. The summed E-state index contributed by atoms with van der Waals surface area (Å²) in [5, 5.41) is 10.7. The molecule has 122 valence electrons. The molecule has 1 aromatic heterocycles. The van der Waals surface area contributed by atoms with Gasteiger partial charge in [0.05, 0.1) is 5.69 Å². The molecule has 3 rings (SSSR count). The summed E-state index contributed by atoms with van der Waals surface area (Å²) in [5.41, 5.74) is 1.80. The minimum Gasteiger partial charge on any atom is -0.384 e. The summed E-state index contributed by atoms with van der Waals surface area (Å²) in [4.78, 5) is 4.12. The zero-order chi connectivity index (χ0) is 15.1. The van der Waals surface area contributed by atoms with Crippen molar-refractivity contribution >= 4 is 5.69 Å². The van der Waals surface area contributed by atoms with Crippen molar-refractivity contribution in [3.8, 4) is 0 Å². The molecule has 0 radical (unpaired) electrons. The second kappa shape index (κ2) is 7.93. The molecule has 1 aromatic rings. The zero-order valence-electron chi connectivity index (χ0n) is 13.6. The number of piperidine rings is 1. The minimum atomic E-state index is 0.686. The van der Waals surface area contributed by atoms with Gasteiger partial charge in [0.15, 0.2) is 0 Å². The SMILES string of the molecule is c1cncc(NCCCNC2CCC3(CCNCC3)CC2)c1. The van der Waals surface area contributed by atoms with E-state index in [0.29, 0.717) is 5.41 Å². The van der Waals surface area contributed by atoms with Crippen LogP contribution in [0.25, 0.3) is 0 Å². The van der Waals surface area contributed by atoms with Crippen molar-refractivity contribution in [1.29, 1.82) is 0 Å². The van der Waals surface area contributed by atoms with E-state index in [1.165, 1.54) is 58.0 Å². The first kappa shape index (κ1) is 15.8. The molecule has 1 spiro atoms. The second-order valence-electron chi connectivity index (χ2n) is 7.00. The van der Waals surface area contributed by atoms with Crippen molar-refractivity contribution in [3.05, 3.63) is 24.5 Å². The van der Waals surface area contributed by atoms with Crippen LogP contribution in [-0.2, 0) is 0 Å². The lowest BCUT2D eigenvalue weighted by Crippen LogP contribution is -2.43. The maximum absolute atomic E-state index is 4.12. The standard InChI is InChI=1S/C18H30N4/c1-3-17(15-20-10-1)22-12-2-11-21-16-4-6-18(7-5-16)8-13-19-14-9-18/h1,3,10,15-16,19,21-22H,2,4-9,11-14H2. The number of anilines is 1. The van der Waals surface area contributed by atoms with Gasteiger partial charge in [0, 0.05) is 25.0 Å². The van der Waals surface area contributed by atoms with Gasteiger partial charge < -0.3 is 16.0 Å². The van der Waals surface area contributed by atoms with Gasteiger partial charge in [0.25, 0.3) is 0 Å². The van der Waals surface area contributed by atoms with E-state index in [0.717, 1.165) is 24.8 Å². The monoisotopic (exact) mass is 302 g/mol. The van der Waals surface area contributed by atoms with Crippen molar-refractivity contribution in [2.75, 3.05) is 31.5 Å². The van der Waals surface area contributed by atoms with Gasteiger partial charge in [-0.1, -0.05) is 0 Å². The molecule has 3 N–H and O–H groups in total. The number of pyridine rings is 1. The second-order valence-corrected chi connectivity index (χ2v) is 7.00. The summed E-state index contributed by atoms with van der Waals surface area (Å²) >= 11 is 0. The molecule has 0 atom stereocenters. The van der Waals surface area contributed by atoms with Crippen LogP contribution >= 0.6 is 0 Å². The first-order valence-corrected chi connectivity index (χ1v) is 8.94. The number of aromatic nitrogens is 1. The first-order valence-electron chi connectivity index (χ1n) is 8.94. The molecule has 1 aliphatic heterocycles. The van der Waals surface area contributed by atoms with E-state index in [2.05, 4.69) is 27.0 Å². The smallest absolute Gasteiger partial charge is 0.0526 e. The van der Waals surface area contributed by atoms with Crippen LogP contribution in [0.1, 0.15) is 44.9 Å². The van der Waals surface area contributed by atoms with Crippen LogP contribution in [0.5, 0.6) is 0 Å². The molecule has 4 heteroatoms. The van der Waals surface area contributed by atoms with Crippen LogP contribution in [0.2, 0.25) is 0 Å². The third-order valence-electron chi connectivity index (χ3n) is 5.49. The summed E-state index contributed by atoms with van der Waals surface area (Å²) in [6, 6.07) is 4.79. The first-order chi connectivity index (χ1) is 10.9. The Hall–Kier alpha value is -1.13. The number of hydrogen-bond donors (Lipinski definition) is 3. The molecule has 1 saturated heterocycles. The molecule has 0 aromatic carbocycles. The molecule has 0 unspecified atom stereocenters. The average Bonchev–Trinajstić information content (AvgIpc) is 2.58. The summed E-state index contributed by atoms with van der Waals surface area (Å²) in [6.07, 6.45) is 13.3. The van der Waals surface area contributed by atoms with Gasteiger partial charge >= 0.3 is 0 Å². The topological polar surface area (TPSA) is 49.0 Å². The third-order valence-corrected chi connectivity index (χ3v) is 5.49. The van der Waals surface area contributed by atoms with Crippen LogP contribution in [0.15, 0.2) is 24.5 Å². The van der Waals surface area contributed by atoms with E-state index in [-0.39, 0.29) is 0 Å². The minimum absolute atomic E-state index is 0.686. The Kier molecular flexibility index (Phi) is 5.68. The van der Waals surface area contributed by atoms with Crippen molar-refractivity contribution in [1.82, 2.24) is 15.6 Å². The highest BCUT2D eigenvalue weighted by Gasteiger charge is 2.35. The maximum atomic E-state index is 4.12. The summed E-state index contributed by atoms with van der Waals surface area (Å²) in [6.45, 7) is 4.60. The lowest BCUT2D eigenvalue weighted by atomic mass is 9.67. The van der Waals surface area contributed by atoms with Gasteiger partial charge in [-0.05, 0) is 82.1 Å². The third kappa shape index (κ3) is 4.43. The van der Waals surface area contributed by atoms with Crippen LogP contribution in [0, 0.1) is 5.41 Å². The van der Waals surface area contributed by atoms with E-state index in [1.54, 1.807) is 0 Å². The molecule has 1 saturated carbocycles. The summed E-state index contributed by atoms with van der Waals surface area (Å²) in [7, 11) is 0. The van der Waals surface area contributed by atoms with Crippen molar-refractivity contribution in [3.63, 3.8) is 0 Å². The molecular weight excluding hydrogens is 272 g/mol. The molecule has 2 aliphatic rings. The zero-order valence-corrected chi connectivity index (χ0v) is 13.6. The van der Waals surface area contributed by atoms with Gasteiger partial charge in [-0.15, -0.1) is 0 Å².